The van der Waals surface area contributed by atoms with Crippen LogP contribution < -0.4 is 10.1 Å². The number of urea groups is 1. The van der Waals surface area contributed by atoms with Gasteiger partial charge in [-0.05, 0) is 49.1 Å². The molecule has 1 aromatic heterocycles. The molecule has 0 saturated carbocycles. The van der Waals surface area contributed by atoms with E-state index in [4.69, 9.17) is 4.74 Å². The van der Waals surface area contributed by atoms with Crippen LogP contribution in [0.1, 0.15) is 29.3 Å². The number of likely N-dealkylation sites (tertiary alicyclic amines) is 1. The van der Waals surface area contributed by atoms with Gasteiger partial charge >= 0.3 is 6.03 Å². The molecule has 162 valence electrons. The van der Waals surface area contributed by atoms with Crippen LogP contribution in [0, 0.1) is 5.82 Å². The molecular weight excluding hydrogens is 415 g/mol. The van der Waals surface area contributed by atoms with Gasteiger partial charge in [0.1, 0.15) is 16.6 Å². The largest absolute Gasteiger partial charge is 0.497 e. The number of hydrogen-bond donors (Lipinski definition) is 1. The van der Waals surface area contributed by atoms with Crippen LogP contribution in [0.3, 0.4) is 0 Å². The predicted octanol–water partition coefficient (Wildman–Crippen LogP) is 4.48. The molecular formula is C23H25FN4O2S. The minimum Gasteiger partial charge on any atom is -0.497 e. The lowest BCUT2D eigenvalue weighted by molar-refractivity contribution is 0.179. The van der Waals surface area contributed by atoms with E-state index in [1.165, 1.54) is 17.4 Å². The maximum absolute atomic E-state index is 14.0. The minimum absolute atomic E-state index is 0.0583. The summed E-state index contributed by atoms with van der Waals surface area (Å²) in [6, 6.07) is 14.4. The molecule has 1 atom stereocenters. The fourth-order valence-electron chi connectivity index (χ4n) is 3.72. The summed E-state index contributed by atoms with van der Waals surface area (Å²) in [7, 11) is 1.64. The Balaban J connectivity index is 1.32. The zero-order chi connectivity index (χ0) is 21.6. The highest BCUT2D eigenvalue weighted by Gasteiger charge is 2.27. The van der Waals surface area contributed by atoms with Gasteiger partial charge in [0.2, 0.25) is 0 Å². The molecule has 8 heteroatoms. The third-order valence-corrected chi connectivity index (χ3v) is 6.57. The van der Waals surface area contributed by atoms with E-state index >= 15 is 0 Å². The number of carbonyl (C=O) groups excluding carboxylic acids is 1. The smallest absolute Gasteiger partial charge is 0.317 e. The summed E-state index contributed by atoms with van der Waals surface area (Å²) in [4.78, 5) is 14.5. The number of halogens is 1. The van der Waals surface area contributed by atoms with Crippen molar-refractivity contribution in [2.75, 3.05) is 26.7 Å². The van der Waals surface area contributed by atoms with Crippen LogP contribution >= 0.6 is 11.3 Å². The van der Waals surface area contributed by atoms with Gasteiger partial charge < -0.3 is 15.0 Å². The molecule has 0 spiro atoms. The van der Waals surface area contributed by atoms with Crippen molar-refractivity contribution < 1.29 is 13.9 Å². The van der Waals surface area contributed by atoms with Crippen molar-refractivity contribution in [2.45, 2.75) is 25.2 Å². The summed E-state index contributed by atoms with van der Waals surface area (Å²) in [5.74, 6) is 0.646. The quantitative estimate of drug-likeness (QED) is 0.614. The number of benzene rings is 2. The Morgan fingerprint density at radius 2 is 2.03 bits per heavy atom. The molecule has 1 fully saturated rings. The summed E-state index contributed by atoms with van der Waals surface area (Å²) < 4.78 is 19.2. The van der Waals surface area contributed by atoms with E-state index in [2.05, 4.69) is 15.5 Å². The maximum Gasteiger partial charge on any atom is 0.317 e. The van der Waals surface area contributed by atoms with E-state index < -0.39 is 0 Å². The number of carbonyl (C=O) groups is 1. The second kappa shape index (κ2) is 9.87. The Kier molecular flexibility index (Phi) is 6.76. The van der Waals surface area contributed by atoms with Crippen molar-refractivity contribution in [3.8, 4) is 16.3 Å². The monoisotopic (exact) mass is 440 g/mol. The number of ether oxygens (including phenoxy) is 1. The normalized spacial score (nSPS) is 16.2. The van der Waals surface area contributed by atoms with Gasteiger partial charge in [0, 0.05) is 31.1 Å². The van der Waals surface area contributed by atoms with E-state index in [1.54, 1.807) is 25.3 Å². The average molecular weight is 441 g/mol. The van der Waals surface area contributed by atoms with Crippen molar-refractivity contribution in [1.29, 1.82) is 0 Å². The average Bonchev–Trinajstić information content (AvgIpc) is 3.30. The zero-order valence-electron chi connectivity index (χ0n) is 17.4. The number of methoxy groups -OCH3 is 1. The minimum atomic E-state index is -0.299. The van der Waals surface area contributed by atoms with Gasteiger partial charge in [0.15, 0.2) is 5.01 Å². The van der Waals surface area contributed by atoms with Gasteiger partial charge in [-0.25, -0.2) is 9.18 Å². The highest BCUT2D eigenvalue weighted by molar-refractivity contribution is 7.14. The van der Waals surface area contributed by atoms with E-state index in [0.29, 0.717) is 23.7 Å². The lowest BCUT2D eigenvalue weighted by Crippen LogP contribution is -2.45. The molecule has 0 aliphatic carbocycles. The molecule has 31 heavy (non-hydrogen) atoms. The van der Waals surface area contributed by atoms with E-state index in [0.717, 1.165) is 42.1 Å². The molecule has 2 amide bonds. The van der Waals surface area contributed by atoms with Crippen molar-refractivity contribution in [1.82, 2.24) is 20.4 Å². The standard InChI is InChI=1S/C23H25FN4O2S/c1-30-18-10-8-16(9-11-18)12-13-25-23(29)28-14-4-5-17(15-28)21-26-27-22(31-21)19-6-2-3-7-20(19)24/h2-3,6-11,17H,4-5,12-15H2,1H3,(H,25,29). The Morgan fingerprint density at radius 1 is 1.23 bits per heavy atom. The second-order valence-electron chi connectivity index (χ2n) is 7.54. The summed E-state index contributed by atoms with van der Waals surface area (Å²) in [6.45, 7) is 1.90. The van der Waals surface area contributed by atoms with Gasteiger partial charge in [-0.2, -0.15) is 0 Å². The topological polar surface area (TPSA) is 67.3 Å². The molecule has 6 nitrogen and oxygen atoms in total. The fourth-order valence-corrected chi connectivity index (χ4v) is 4.72. The van der Waals surface area contributed by atoms with Gasteiger partial charge in [-0.1, -0.05) is 35.6 Å². The third-order valence-electron chi connectivity index (χ3n) is 5.45. The molecule has 1 aliphatic heterocycles. The lowest BCUT2D eigenvalue weighted by atomic mass is 9.99. The number of hydrogen-bond acceptors (Lipinski definition) is 5. The van der Waals surface area contributed by atoms with Crippen molar-refractivity contribution in [3.63, 3.8) is 0 Å². The number of rotatable bonds is 6. The number of piperidine rings is 1. The van der Waals surface area contributed by atoms with E-state index in [1.807, 2.05) is 29.2 Å². The summed E-state index contributed by atoms with van der Waals surface area (Å²) in [6.07, 6.45) is 2.61. The first-order chi connectivity index (χ1) is 15.1. The fraction of sp³-hybridized carbons (Fsp3) is 0.348. The highest BCUT2D eigenvalue weighted by atomic mass is 32.1. The predicted molar refractivity (Wildman–Crippen MR) is 119 cm³/mol. The van der Waals surface area contributed by atoms with Gasteiger partial charge in [-0.15, -0.1) is 10.2 Å². The summed E-state index contributed by atoms with van der Waals surface area (Å²) in [5.41, 5.74) is 1.61. The summed E-state index contributed by atoms with van der Waals surface area (Å²) in [5, 5.41) is 12.9. The van der Waals surface area contributed by atoms with Crippen LogP contribution in [0.15, 0.2) is 48.5 Å². The second-order valence-corrected chi connectivity index (χ2v) is 8.55. The summed E-state index contributed by atoms with van der Waals surface area (Å²) >= 11 is 1.41. The van der Waals surface area contributed by atoms with Crippen LogP contribution in [0.4, 0.5) is 9.18 Å². The van der Waals surface area contributed by atoms with Crippen LogP contribution in [-0.4, -0.2) is 47.9 Å². The van der Waals surface area contributed by atoms with Gasteiger partial charge in [0.25, 0.3) is 0 Å². The molecule has 1 N–H and O–H groups in total. The molecule has 2 aromatic carbocycles. The first kappa shape index (κ1) is 21.2. The number of nitrogens with one attached hydrogen (secondary N) is 1. The van der Waals surface area contributed by atoms with Crippen molar-refractivity contribution in [3.05, 3.63) is 64.9 Å². The first-order valence-corrected chi connectivity index (χ1v) is 11.2. The Bertz CT molecular complexity index is 1020. The number of nitrogens with zero attached hydrogens (tertiary/aromatic N) is 3. The highest BCUT2D eigenvalue weighted by Crippen LogP contribution is 2.33. The Morgan fingerprint density at radius 3 is 2.81 bits per heavy atom. The van der Waals surface area contributed by atoms with Crippen LogP contribution in [0.5, 0.6) is 5.75 Å². The molecule has 1 unspecified atom stereocenters. The maximum atomic E-state index is 14.0. The SMILES string of the molecule is COc1ccc(CCNC(=O)N2CCCC(c3nnc(-c4ccccc4F)s3)C2)cc1. The van der Waals surface area contributed by atoms with Crippen LogP contribution in [0.25, 0.3) is 10.6 Å². The lowest BCUT2D eigenvalue weighted by Gasteiger charge is -2.31. The van der Waals surface area contributed by atoms with Crippen molar-refractivity contribution >= 4 is 17.4 Å². The number of amides is 2. The van der Waals surface area contributed by atoms with E-state index in [9.17, 15) is 9.18 Å². The van der Waals surface area contributed by atoms with E-state index in [-0.39, 0.29) is 17.8 Å². The Labute approximate surface area is 185 Å². The molecule has 2 heterocycles. The third kappa shape index (κ3) is 5.19. The molecule has 1 aliphatic rings. The molecule has 1 saturated heterocycles. The van der Waals surface area contributed by atoms with Crippen LogP contribution in [-0.2, 0) is 6.42 Å². The first-order valence-electron chi connectivity index (χ1n) is 10.4. The van der Waals surface area contributed by atoms with Crippen LogP contribution in [0.2, 0.25) is 0 Å². The van der Waals surface area contributed by atoms with Gasteiger partial charge in [-0.3, -0.25) is 0 Å². The molecule has 4 rings (SSSR count). The number of aromatic nitrogens is 2. The molecule has 0 radical (unpaired) electrons. The molecule has 3 aromatic rings. The van der Waals surface area contributed by atoms with Crippen molar-refractivity contribution in [2.24, 2.45) is 0 Å². The zero-order valence-corrected chi connectivity index (χ0v) is 18.2. The molecule has 0 bridgehead atoms. The van der Waals surface area contributed by atoms with Gasteiger partial charge in [0.05, 0.1) is 7.11 Å². The Hall–Kier alpha value is -3.00.